The Kier molecular flexibility index (Phi) is 7.44. The lowest BCUT2D eigenvalue weighted by atomic mass is 10.1. The summed E-state index contributed by atoms with van der Waals surface area (Å²) in [5.74, 6) is 0.0440. The maximum Gasteiger partial charge on any atom is 0.134 e. The van der Waals surface area contributed by atoms with Crippen molar-refractivity contribution in [1.82, 2.24) is 0 Å². The van der Waals surface area contributed by atoms with Crippen molar-refractivity contribution in [3.05, 3.63) is 28.8 Å². The Morgan fingerprint density at radius 1 is 1.47 bits per heavy atom. The van der Waals surface area contributed by atoms with E-state index >= 15 is 0 Å². The number of hydrogen-bond donors (Lipinski definition) is 0. The van der Waals surface area contributed by atoms with Gasteiger partial charge in [0.2, 0.25) is 0 Å². The highest BCUT2D eigenvalue weighted by atomic mass is 35.5. The van der Waals surface area contributed by atoms with Gasteiger partial charge in [-0.3, -0.25) is 4.79 Å². The van der Waals surface area contributed by atoms with Crippen LogP contribution in [0.4, 0.5) is 3.89 Å². The van der Waals surface area contributed by atoms with Crippen LogP contribution in [0.1, 0.15) is 26.3 Å². The first-order valence-corrected chi connectivity index (χ1v) is 5.79. The minimum atomic E-state index is 0.0440. The molecule has 0 N–H and O–H groups in total. The molecule has 0 spiro atoms. The molecule has 0 atom stereocenters. The summed E-state index contributed by atoms with van der Waals surface area (Å²) in [6, 6.07) is 4.80. The van der Waals surface area contributed by atoms with Gasteiger partial charge in [0.1, 0.15) is 5.78 Å². The second-order valence-electron chi connectivity index (χ2n) is 2.71. The number of Topliss-reactive ketones (excluding diaryl/α,β-unsaturated/α-hetero) is 1. The first-order chi connectivity index (χ1) is 7.13. The Balaban J connectivity index is 0.000000921. The highest BCUT2D eigenvalue weighted by Gasteiger charge is 2.04. The van der Waals surface area contributed by atoms with E-state index in [1.54, 1.807) is 12.1 Å². The first-order valence-electron chi connectivity index (χ1n) is 4.70. The molecular formula is C11H14ClFOS. The van der Waals surface area contributed by atoms with Crippen molar-refractivity contribution in [2.24, 2.45) is 0 Å². The van der Waals surface area contributed by atoms with E-state index in [1.807, 2.05) is 13.8 Å². The minimum absolute atomic E-state index is 0.0440. The lowest BCUT2D eigenvalue weighted by Gasteiger charge is -2.02. The Labute approximate surface area is 99.3 Å². The van der Waals surface area contributed by atoms with Crippen LogP contribution in [0.2, 0.25) is 5.02 Å². The average molecular weight is 249 g/mol. The zero-order valence-electron chi connectivity index (χ0n) is 9.01. The monoisotopic (exact) mass is 248 g/mol. The van der Waals surface area contributed by atoms with Crippen molar-refractivity contribution in [1.29, 1.82) is 0 Å². The van der Waals surface area contributed by atoms with Gasteiger partial charge in [0.05, 0.1) is 12.1 Å². The Morgan fingerprint density at radius 2 is 2.07 bits per heavy atom. The largest absolute Gasteiger partial charge is 0.300 e. The number of halogens is 2. The zero-order chi connectivity index (χ0) is 11.8. The predicted molar refractivity (Wildman–Crippen MR) is 64.2 cm³/mol. The molecule has 84 valence electrons. The molecule has 0 unspecified atom stereocenters. The number of ketones is 1. The molecule has 0 aliphatic carbocycles. The van der Waals surface area contributed by atoms with Crippen LogP contribution in [-0.2, 0) is 11.2 Å². The van der Waals surface area contributed by atoms with Crippen molar-refractivity contribution in [2.45, 2.75) is 32.1 Å². The molecule has 15 heavy (non-hydrogen) atoms. The number of carbonyl (C=O) groups excluding carboxylic acids is 1. The molecule has 0 aromatic heterocycles. The van der Waals surface area contributed by atoms with Crippen LogP contribution in [0.5, 0.6) is 0 Å². The maximum absolute atomic E-state index is 12.1. The summed E-state index contributed by atoms with van der Waals surface area (Å²) in [6.07, 6.45) is 0.302. The van der Waals surface area contributed by atoms with Gasteiger partial charge in [-0.15, -0.1) is 0 Å². The molecule has 0 heterocycles. The fraction of sp³-hybridized carbons (Fsp3) is 0.364. The normalized spacial score (nSPS) is 9.13. The molecule has 1 aromatic rings. The fourth-order valence-corrected chi connectivity index (χ4v) is 1.58. The predicted octanol–water partition coefficient (Wildman–Crippen LogP) is 4.47. The highest BCUT2D eigenvalue weighted by molar-refractivity contribution is 7.94. The zero-order valence-corrected chi connectivity index (χ0v) is 10.6. The van der Waals surface area contributed by atoms with Gasteiger partial charge in [-0.05, 0) is 24.6 Å². The van der Waals surface area contributed by atoms with E-state index in [1.165, 1.54) is 13.0 Å². The van der Waals surface area contributed by atoms with Gasteiger partial charge in [-0.25, -0.2) is 0 Å². The van der Waals surface area contributed by atoms with Gasteiger partial charge < -0.3 is 0 Å². The number of carbonyl (C=O) groups is 1. The molecule has 1 aromatic carbocycles. The molecule has 0 saturated heterocycles. The van der Waals surface area contributed by atoms with Crippen molar-refractivity contribution >= 4 is 29.5 Å². The Bertz CT molecular complexity index is 328. The third-order valence-electron chi connectivity index (χ3n) is 1.55. The second kappa shape index (κ2) is 7.71. The highest BCUT2D eigenvalue weighted by Crippen LogP contribution is 2.25. The first kappa shape index (κ1) is 14.5. The van der Waals surface area contributed by atoms with Gasteiger partial charge in [-0.1, -0.05) is 31.5 Å². The molecule has 4 heteroatoms. The van der Waals surface area contributed by atoms with Crippen LogP contribution in [0, 0.1) is 0 Å². The van der Waals surface area contributed by atoms with Crippen LogP contribution < -0.4 is 0 Å². The molecule has 1 nitrogen and oxygen atoms in total. The van der Waals surface area contributed by atoms with E-state index < -0.39 is 0 Å². The van der Waals surface area contributed by atoms with E-state index in [4.69, 9.17) is 11.6 Å². The fourth-order valence-electron chi connectivity index (χ4n) is 0.988. The van der Waals surface area contributed by atoms with Crippen LogP contribution in [0.3, 0.4) is 0 Å². The second-order valence-corrected chi connectivity index (χ2v) is 3.74. The van der Waals surface area contributed by atoms with Crippen LogP contribution >= 0.6 is 23.7 Å². The summed E-state index contributed by atoms with van der Waals surface area (Å²) >= 11 is 5.96. The van der Waals surface area contributed by atoms with Crippen molar-refractivity contribution in [3.63, 3.8) is 0 Å². The molecule has 0 saturated carbocycles. The maximum atomic E-state index is 12.1. The Morgan fingerprint density at radius 3 is 2.47 bits per heavy atom. The van der Waals surface area contributed by atoms with Gasteiger partial charge >= 0.3 is 0 Å². The summed E-state index contributed by atoms with van der Waals surface area (Å²) in [5, 5.41) is 0.442. The third-order valence-corrected chi connectivity index (χ3v) is 2.34. The molecule has 0 bridgehead atoms. The number of rotatable bonds is 3. The summed E-state index contributed by atoms with van der Waals surface area (Å²) in [4.78, 5) is 11.2. The summed E-state index contributed by atoms with van der Waals surface area (Å²) in [7, 11) is 0. The van der Waals surface area contributed by atoms with Crippen molar-refractivity contribution in [3.8, 4) is 0 Å². The third kappa shape index (κ3) is 5.19. The average Bonchev–Trinajstić information content (AvgIpc) is 2.23. The SMILES string of the molecule is CC.CC(=O)Cc1ccc(SF)cc1Cl. The van der Waals surface area contributed by atoms with Gasteiger partial charge in [0.25, 0.3) is 0 Å². The van der Waals surface area contributed by atoms with E-state index in [9.17, 15) is 8.68 Å². The molecule has 0 aliphatic heterocycles. The van der Waals surface area contributed by atoms with E-state index in [-0.39, 0.29) is 17.9 Å². The van der Waals surface area contributed by atoms with E-state index in [2.05, 4.69) is 0 Å². The molecule has 0 radical (unpaired) electrons. The standard InChI is InChI=1S/C9H8ClFOS.C2H6/c1-6(12)4-7-2-3-8(13-11)5-9(7)10;1-2/h2-3,5H,4H2,1H3;1-2H3. The Hall–Kier alpha value is -0.540. The number of hydrogen-bond acceptors (Lipinski definition) is 2. The number of benzene rings is 1. The molecule has 0 aliphatic rings. The van der Waals surface area contributed by atoms with E-state index in [0.717, 1.165) is 5.56 Å². The van der Waals surface area contributed by atoms with Crippen molar-refractivity contribution < 1.29 is 8.68 Å². The minimum Gasteiger partial charge on any atom is -0.300 e. The summed E-state index contributed by atoms with van der Waals surface area (Å²) < 4.78 is 12.1. The molecule has 0 amide bonds. The topological polar surface area (TPSA) is 17.1 Å². The molecule has 1 rings (SSSR count). The smallest absolute Gasteiger partial charge is 0.134 e. The van der Waals surface area contributed by atoms with Gasteiger partial charge in [-0.2, -0.15) is 3.89 Å². The van der Waals surface area contributed by atoms with Gasteiger partial charge in [0.15, 0.2) is 0 Å². The van der Waals surface area contributed by atoms with Crippen LogP contribution in [-0.4, -0.2) is 5.78 Å². The van der Waals surface area contributed by atoms with Gasteiger partial charge in [0, 0.05) is 16.3 Å². The van der Waals surface area contributed by atoms with Crippen molar-refractivity contribution in [2.75, 3.05) is 0 Å². The lowest BCUT2D eigenvalue weighted by Crippen LogP contribution is -1.96. The van der Waals surface area contributed by atoms with Crippen LogP contribution in [0.15, 0.2) is 23.1 Å². The molecule has 0 fully saturated rings. The summed E-state index contributed by atoms with van der Waals surface area (Å²) in [6.45, 7) is 5.49. The van der Waals surface area contributed by atoms with Crippen LogP contribution in [0.25, 0.3) is 0 Å². The quantitative estimate of drug-likeness (QED) is 0.785. The van der Waals surface area contributed by atoms with E-state index in [0.29, 0.717) is 16.3 Å². The molecular weight excluding hydrogens is 235 g/mol. The summed E-state index contributed by atoms with van der Waals surface area (Å²) in [5.41, 5.74) is 0.743. The lowest BCUT2D eigenvalue weighted by molar-refractivity contribution is -0.116.